The fourth-order valence-corrected chi connectivity index (χ4v) is 6.03. The number of nitrogens with one attached hydrogen (secondary N) is 2. The lowest BCUT2D eigenvalue weighted by molar-refractivity contribution is 0.0451. The lowest BCUT2D eigenvalue weighted by Crippen LogP contribution is -2.58. The van der Waals surface area contributed by atoms with Crippen LogP contribution in [-0.4, -0.2) is 64.2 Å². The van der Waals surface area contributed by atoms with Crippen molar-refractivity contribution in [1.82, 2.24) is 24.8 Å². The first-order chi connectivity index (χ1) is 20.0. The van der Waals surface area contributed by atoms with Crippen LogP contribution in [0.25, 0.3) is 0 Å². The van der Waals surface area contributed by atoms with Crippen LogP contribution in [0.15, 0.2) is 66.3 Å². The Labute approximate surface area is 240 Å². The molecule has 1 atom stereocenters. The molecule has 0 saturated carbocycles. The molecule has 5 heterocycles. The van der Waals surface area contributed by atoms with Crippen LogP contribution >= 0.6 is 11.3 Å². The molecule has 1 aromatic carbocycles. The molecule has 41 heavy (non-hydrogen) atoms. The molecule has 2 aliphatic rings. The fourth-order valence-electron chi connectivity index (χ4n) is 5.28. The van der Waals surface area contributed by atoms with E-state index in [9.17, 15) is 14.0 Å². The molecule has 0 radical (unpaired) electrons. The number of carbonyl (C=O) groups is 2. The first-order valence-corrected chi connectivity index (χ1v) is 14.4. The van der Waals surface area contributed by atoms with Crippen LogP contribution in [0, 0.1) is 5.95 Å². The van der Waals surface area contributed by atoms with Gasteiger partial charge >= 0.3 is 6.03 Å². The average Bonchev–Trinajstić information content (AvgIpc) is 3.72. The largest absolute Gasteiger partial charge is 0.487 e. The van der Waals surface area contributed by atoms with E-state index in [-0.39, 0.29) is 24.1 Å². The average molecular weight is 576 g/mol. The van der Waals surface area contributed by atoms with Gasteiger partial charge < -0.3 is 24.4 Å². The molecule has 2 fully saturated rings. The van der Waals surface area contributed by atoms with E-state index in [1.54, 1.807) is 40.9 Å². The summed E-state index contributed by atoms with van der Waals surface area (Å²) in [5.74, 6) is -0.0387. The molecule has 0 bridgehead atoms. The Morgan fingerprint density at radius 2 is 2.00 bits per heavy atom. The minimum atomic E-state index is -0.551. The van der Waals surface area contributed by atoms with Gasteiger partial charge in [-0.25, -0.2) is 14.8 Å². The minimum absolute atomic E-state index is 0.00261. The predicted octanol–water partition coefficient (Wildman–Crippen LogP) is 4.52. The Bertz CT molecular complexity index is 1530. The Morgan fingerprint density at radius 1 is 1.17 bits per heavy atom. The van der Waals surface area contributed by atoms with E-state index in [1.807, 2.05) is 17.5 Å². The molecular formula is C29H30FN7O3S. The topological polar surface area (TPSA) is 105 Å². The number of nitrogens with zero attached hydrogens (tertiary/aromatic N) is 5. The zero-order valence-electron chi connectivity index (χ0n) is 22.5. The number of thiazole rings is 1. The Hall–Kier alpha value is -4.45. The summed E-state index contributed by atoms with van der Waals surface area (Å²) in [6.45, 7) is 2.43. The van der Waals surface area contributed by atoms with Crippen LogP contribution in [0.4, 0.5) is 20.0 Å². The van der Waals surface area contributed by atoms with Crippen molar-refractivity contribution in [3.8, 4) is 5.75 Å². The standard InChI is InChI=1S/C29H30FN7O3S/c1-31-29(39)36-16-22(17-36)40-21-8-6-20(7-9-21)37-13-3-4-24(37)23-18-41-28(33-23)34-27(38)25-5-2-12-35(25)15-19-10-11-32-26(30)14-19/h2,5-12,14,18,22,24H,3-4,13,15-17H2,1H3,(H,31,39)(H,33,34,38)/t24-/m1/s1. The van der Waals surface area contributed by atoms with Gasteiger partial charge in [0.15, 0.2) is 5.13 Å². The number of anilines is 2. The molecule has 2 aliphatic heterocycles. The first-order valence-electron chi connectivity index (χ1n) is 13.5. The zero-order chi connectivity index (χ0) is 28.3. The third-order valence-electron chi connectivity index (χ3n) is 7.36. The number of urea groups is 1. The summed E-state index contributed by atoms with van der Waals surface area (Å²) in [6.07, 6.45) is 5.22. The van der Waals surface area contributed by atoms with Gasteiger partial charge in [-0.15, -0.1) is 11.3 Å². The summed E-state index contributed by atoms with van der Waals surface area (Å²) < 4.78 is 21.3. The van der Waals surface area contributed by atoms with Crippen molar-refractivity contribution in [3.05, 3.63) is 89.2 Å². The van der Waals surface area contributed by atoms with Crippen LogP contribution in [0.5, 0.6) is 5.75 Å². The van der Waals surface area contributed by atoms with Gasteiger partial charge in [-0.1, -0.05) is 0 Å². The number of amides is 3. The summed E-state index contributed by atoms with van der Waals surface area (Å²) in [6, 6.07) is 14.7. The molecule has 0 aliphatic carbocycles. The van der Waals surface area contributed by atoms with E-state index in [4.69, 9.17) is 9.72 Å². The van der Waals surface area contributed by atoms with E-state index >= 15 is 0 Å². The van der Waals surface area contributed by atoms with Crippen LogP contribution in [0.3, 0.4) is 0 Å². The first kappa shape index (κ1) is 26.8. The second kappa shape index (κ2) is 11.6. The summed E-state index contributed by atoms with van der Waals surface area (Å²) in [4.78, 5) is 37.1. The van der Waals surface area contributed by atoms with Crippen molar-refractivity contribution < 1.29 is 18.7 Å². The van der Waals surface area contributed by atoms with Crippen molar-refractivity contribution in [1.29, 1.82) is 0 Å². The number of likely N-dealkylation sites (tertiary alicyclic amines) is 1. The molecule has 4 aromatic rings. The molecule has 12 heteroatoms. The molecule has 6 rings (SSSR count). The summed E-state index contributed by atoms with van der Waals surface area (Å²) >= 11 is 1.40. The van der Waals surface area contributed by atoms with Crippen LogP contribution in [0.1, 0.15) is 40.6 Å². The maximum Gasteiger partial charge on any atom is 0.317 e. The van der Waals surface area contributed by atoms with Crippen LogP contribution in [0.2, 0.25) is 0 Å². The predicted molar refractivity (Wildman–Crippen MR) is 154 cm³/mol. The highest BCUT2D eigenvalue weighted by molar-refractivity contribution is 7.14. The lowest BCUT2D eigenvalue weighted by Gasteiger charge is -2.38. The second-order valence-corrected chi connectivity index (χ2v) is 10.9. The lowest BCUT2D eigenvalue weighted by atomic mass is 10.1. The molecule has 3 aromatic heterocycles. The number of carbonyl (C=O) groups excluding carboxylic acids is 2. The highest BCUT2D eigenvalue weighted by Gasteiger charge is 2.32. The van der Waals surface area contributed by atoms with Gasteiger partial charge in [0.05, 0.1) is 24.8 Å². The molecule has 3 amide bonds. The number of hydrogen-bond donors (Lipinski definition) is 2. The van der Waals surface area contributed by atoms with Gasteiger partial charge in [0.25, 0.3) is 5.91 Å². The summed E-state index contributed by atoms with van der Waals surface area (Å²) in [5.41, 5.74) is 3.20. The van der Waals surface area contributed by atoms with Crippen LogP contribution < -0.4 is 20.3 Å². The van der Waals surface area contributed by atoms with E-state index in [1.165, 1.54) is 23.6 Å². The van der Waals surface area contributed by atoms with Gasteiger partial charge in [0.2, 0.25) is 5.95 Å². The number of pyridine rings is 1. The number of benzene rings is 1. The highest BCUT2D eigenvalue weighted by Crippen LogP contribution is 2.38. The van der Waals surface area contributed by atoms with Crippen molar-refractivity contribution in [3.63, 3.8) is 0 Å². The third kappa shape index (κ3) is 5.87. The van der Waals surface area contributed by atoms with Crippen molar-refractivity contribution in [2.45, 2.75) is 31.5 Å². The van der Waals surface area contributed by atoms with E-state index in [0.717, 1.165) is 42.1 Å². The van der Waals surface area contributed by atoms with E-state index in [0.29, 0.717) is 30.5 Å². The Morgan fingerprint density at radius 3 is 2.78 bits per heavy atom. The summed E-state index contributed by atoms with van der Waals surface area (Å²) in [7, 11) is 1.62. The van der Waals surface area contributed by atoms with Crippen molar-refractivity contribution in [2.24, 2.45) is 0 Å². The molecular weight excluding hydrogens is 545 g/mol. The molecule has 0 spiro atoms. The maximum atomic E-state index is 13.5. The SMILES string of the molecule is CNC(=O)N1CC(Oc2ccc(N3CCC[C@@H]3c3csc(NC(=O)c4cccn4Cc4ccnc(F)c4)n3)cc2)C1. The van der Waals surface area contributed by atoms with Crippen LogP contribution in [-0.2, 0) is 6.54 Å². The number of halogens is 1. The van der Waals surface area contributed by atoms with E-state index < -0.39 is 5.95 Å². The maximum absolute atomic E-state index is 13.5. The van der Waals surface area contributed by atoms with Gasteiger partial charge in [-0.2, -0.15) is 4.39 Å². The monoisotopic (exact) mass is 575 g/mol. The third-order valence-corrected chi connectivity index (χ3v) is 8.14. The van der Waals surface area contributed by atoms with E-state index in [2.05, 4.69) is 32.7 Å². The quantitative estimate of drug-likeness (QED) is 0.300. The number of ether oxygens (including phenoxy) is 1. The van der Waals surface area contributed by atoms with Gasteiger partial charge in [0.1, 0.15) is 17.5 Å². The minimum Gasteiger partial charge on any atom is -0.487 e. The smallest absolute Gasteiger partial charge is 0.317 e. The van der Waals surface area contributed by atoms with Gasteiger partial charge in [-0.05, 0) is 66.9 Å². The normalized spacial score (nSPS) is 16.9. The van der Waals surface area contributed by atoms with Gasteiger partial charge in [-0.3, -0.25) is 10.1 Å². The number of hydrogen-bond acceptors (Lipinski definition) is 7. The Kier molecular flexibility index (Phi) is 7.55. The summed E-state index contributed by atoms with van der Waals surface area (Å²) in [5, 5.41) is 8.09. The molecule has 0 unspecified atom stereocenters. The molecule has 2 N–H and O–H groups in total. The van der Waals surface area contributed by atoms with Gasteiger partial charge in [0, 0.05) is 43.6 Å². The highest BCUT2D eigenvalue weighted by atomic mass is 32.1. The van der Waals surface area contributed by atoms with Crippen molar-refractivity contribution >= 4 is 34.1 Å². The molecule has 212 valence electrons. The molecule has 10 nitrogen and oxygen atoms in total. The zero-order valence-corrected chi connectivity index (χ0v) is 23.3. The fraction of sp³-hybridized carbons (Fsp3) is 0.310. The van der Waals surface area contributed by atoms with Crippen molar-refractivity contribution in [2.75, 3.05) is 36.9 Å². The Balaban J connectivity index is 1.07. The number of aromatic nitrogens is 3. The number of rotatable bonds is 8. The second-order valence-electron chi connectivity index (χ2n) is 10.1. The molecule has 2 saturated heterocycles.